The van der Waals surface area contributed by atoms with Crippen molar-refractivity contribution in [3.05, 3.63) is 53.8 Å². The predicted molar refractivity (Wildman–Crippen MR) is 106 cm³/mol. The molecule has 1 aliphatic rings. The first-order valence-corrected chi connectivity index (χ1v) is 12.2. The van der Waals surface area contributed by atoms with E-state index in [1.807, 2.05) is 6.92 Å². The summed E-state index contributed by atoms with van der Waals surface area (Å²) < 4.78 is 64.8. The van der Waals surface area contributed by atoms with Crippen LogP contribution in [0.5, 0.6) is 0 Å². The Balaban J connectivity index is 1.79. The van der Waals surface area contributed by atoms with Gasteiger partial charge >= 0.3 is 0 Å². The standard InChI is InChI=1S/C19H23FN2O4S2/c1-15-4-6-16(7-5-15)28(25,26)22-11-3-10-21(12-13-22)19-9-8-17(14-18(19)20)27(2,23)24/h4-9,14H,3,10-13H2,1-2H3. The third-order valence-electron chi connectivity index (χ3n) is 4.80. The quantitative estimate of drug-likeness (QED) is 0.751. The van der Waals surface area contributed by atoms with Crippen LogP contribution in [0.25, 0.3) is 0 Å². The number of nitrogens with zero attached hydrogens (tertiary/aromatic N) is 2. The van der Waals surface area contributed by atoms with Gasteiger partial charge in [-0.1, -0.05) is 17.7 Å². The van der Waals surface area contributed by atoms with Crippen molar-refractivity contribution in [1.29, 1.82) is 0 Å². The molecule has 9 heteroatoms. The van der Waals surface area contributed by atoms with E-state index >= 15 is 0 Å². The van der Waals surface area contributed by atoms with E-state index in [9.17, 15) is 21.2 Å². The molecule has 0 saturated carbocycles. The summed E-state index contributed by atoms with van der Waals surface area (Å²) in [7, 11) is -7.10. The van der Waals surface area contributed by atoms with Crippen molar-refractivity contribution in [2.75, 3.05) is 37.3 Å². The van der Waals surface area contributed by atoms with Crippen LogP contribution in [0, 0.1) is 12.7 Å². The van der Waals surface area contributed by atoms with Crippen LogP contribution in [-0.2, 0) is 19.9 Å². The fourth-order valence-electron chi connectivity index (χ4n) is 3.21. The van der Waals surface area contributed by atoms with Crippen molar-refractivity contribution in [3.8, 4) is 0 Å². The molecule has 0 aromatic heterocycles. The summed E-state index contributed by atoms with van der Waals surface area (Å²) in [5.41, 5.74) is 1.26. The lowest BCUT2D eigenvalue weighted by molar-refractivity contribution is 0.433. The van der Waals surface area contributed by atoms with E-state index in [0.717, 1.165) is 17.9 Å². The molecule has 1 saturated heterocycles. The summed E-state index contributed by atoms with van der Waals surface area (Å²) in [6.07, 6.45) is 1.57. The van der Waals surface area contributed by atoms with E-state index in [1.165, 1.54) is 16.4 Å². The Labute approximate surface area is 165 Å². The monoisotopic (exact) mass is 426 g/mol. The molecule has 0 N–H and O–H groups in total. The summed E-state index contributed by atoms with van der Waals surface area (Å²) in [4.78, 5) is 1.92. The summed E-state index contributed by atoms with van der Waals surface area (Å²) in [5, 5.41) is 0. The average Bonchev–Trinajstić information content (AvgIpc) is 2.88. The first-order chi connectivity index (χ1) is 13.1. The Hall–Kier alpha value is -1.97. The first-order valence-electron chi connectivity index (χ1n) is 8.90. The van der Waals surface area contributed by atoms with Gasteiger partial charge in [-0.3, -0.25) is 0 Å². The van der Waals surface area contributed by atoms with Crippen LogP contribution in [0.1, 0.15) is 12.0 Å². The summed E-state index contributed by atoms with van der Waals surface area (Å²) in [5.74, 6) is -0.627. The number of rotatable bonds is 4. The topological polar surface area (TPSA) is 74.8 Å². The molecule has 1 fully saturated rings. The van der Waals surface area contributed by atoms with Crippen LogP contribution in [0.2, 0.25) is 0 Å². The number of benzene rings is 2. The smallest absolute Gasteiger partial charge is 0.243 e. The van der Waals surface area contributed by atoms with Gasteiger partial charge in [0, 0.05) is 32.4 Å². The van der Waals surface area contributed by atoms with Gasteiger partial charge in [-0.2, -0.15) is 4.31 Å². The lowest BCUT2D eigenvalue weighted by atomic mass is 10.2. The second-order valence-corrected chi connectivity index (χ2v) is 10.9. The van der Waals surface area contributed by atoms with Crippen molar-refractivity contribution < 1.29 is 21.2 Å². The lowest BCUT2D eigenvalue weighted by Crippen LogP contribution is -2.35. The zero-order valence-corrected chi connectivity index (χ0v) is 17.4. The highest BCUT2D eigenvalue weighted by Gasteiger charge is 2.27. The number of hydrogen-bond acceptors (Lipinski definition) is 5. The van der Waals surface area contributed by atoms with Crippen molar-refractivity contribution in [1.82, 2.24) is 4.31 Å². The van der Waals surface area contributed by atoms with Crippen LogP contribution in [0.4, 0.5) is 10.1 Å². The number of hydrogen-bond donors (Lipinski definition) is 0. The van der Waals surface area contributed by atoms with E-state index in [1.54, 1.807) is 29.2 Å². The molecule has 0 atom stereocenters. The average molecular weight is 427 g/mol. The van der Waals surface area contributed by atoms with Gasteiger partial charge in [-0.15, -0.1) is 0 Å². The Bertz CT molecular complexity index is 1070. The molecule has 28 heavy (non-hydrogen) atoms. The Morgan fingerprint density at radius 1 is 0.857 bits per heavy atom. The molecule has 0 amide bonds. The summed E-state index contributed by atoms with van der Waals surface area (Å²) in [6.45, 7) is 3.26. The van der Waals surface area contributed by atoms with Gasteiger partial charge in [0.25, 0.3) is 0 Å². The molecular formula is C19H23FN2O4S2. The number of anilines is 1. The number of sulfonamides is 1. The van der Waals surface area contributed by atoms with Gasteiger partial charge in [-0.05, 0) is 43.7 Å². The minimum Gasteiger partial charge on any atom is -0.368 e. The molecule has 1 heterocycles. The Kier molecular flexibility index (Phi) is 5.79. The molecule has 2 aromatic rings. The molecular weight excluding hydrogens is 403 g/mol. The van der Waals surface area contributed by atoms with Crippen molar-refractivity contribution in [2.45, 2.75) is 23.1 Å². The highest BCUT2D eigenvalue weighted by molar-refractivity contribution is 7.90. The molecule has 0 unspecified atom stereocenters. The molecule has 6 nitrogen and oxygen atoms in total. The summed E-state index contributed by atoms with van der Waals surface area (Å²) in [6, 6.07) is 10.5. The first kappa shape index (κ1) is 20.8. The van der Waals surface area contributed by atoms with Crippen molar-refractivity contribution >= 4 is 25.5 Å². The van der Waals surface area contributed by atoms with E-state index in [2.05, 4.69) is 0 Å². The minimum absolute atomic E-state index is 0.0767. The molecule has 0 aliphatic carbocycles. The van der Waals surface area contributed by atoms with Crippen molar-refractivity contribution in [3.63, 3.8) is 0 Å². The fourth-order valence-corrected chi connectivity index (χ4v) is 5.31. The second kappa shape index (κ2) is 7.81. The largest absolute Gasteiger partial charge is 0.368 e. The second-order valence-electron chi connectivity index (χ2n) is 6.94. The number of aryl methyl sites for hydroxylation is 1. The lowest BCUT2D eigenvalue weighted by Gasteiger charge is -2.24. The highest BCUT2D eigenvalue weighted by Crippen LogP contribution is 2.25. The SMILES string of the molecule is Cc1ccc(S(=O)(=O)N2CCCN(c3ccc(S(C)(=O)=O)cc3F)CC2)cc1. The van der Waals surface area contributed by atoms with E-state index in [-0.39, 0.29) is 22.0 Å². The van der Waals surface area contributed by atoms with Crippen molar-refractivity contribution in [2.24, 2.45) is 0 Å². The molecule has 2 aromatic carbocycles. The molecule has 3 rings (SSSR count). The van der Waals surface area contributed by atoms with Crippen LogP contribution in [-0.4, -0.2) is 53.6 Å². The fraction of sp³-hybridized carbons (Fsp3) is 0.368. The van der Waals surface area contributed by atoms with Crippen LogP contribution in [0.15, 0.2) is 52.3 Å². The maximum absolute atomic E-state index is 14.5. The third-order valence-corrected chi connectivity index (χ3v) is 7.82. The van der Waals surface area contributed by atoms with Crippen LogP contribution in [0.3, 0.4) is 0 Å². The van der Waals surface area contributed by atoms with Gasteiger partial charge in [0.1, 0.15) is 5.82 Å². The minimum atomic E-state index is -3.61. The van der Waals surface area contributed by atoms with Gasteiger partial charge in [0.05, 0.1) is 15.5 Å². The number of halogens is 1. The van der Waals surface area contributed by atoms with E-state index in [0.29, 0.717) is 26.1 Å². The normalized spacial score (nSPS) is 16.8. The van der Waals surface area contributed by atoms with Crippen LogP contribution < -0.4 is 4.90 Å². The zero-order chi connectivity index (χ0) is 20.5. The molecule has 0 spiro atoms. The zero-order valence-electron chi connectivity index (χ0n) is 15.8. The Morgan fingerprint density at radius 3 is 2.11 bits per heavy atom. The van der Waals surface area contributed by atoms with Gasteiger partial charge in [0.2, 0.25) is 10.0 Å². The summed E-state index contributed by atoms with van der Waals surface area (Å²) >= 11 is 0. The van der Waals surface area contributed by atoms with Crippen LogP contribution >= 0.6 is 0 Å². The van der Waals surface area contributed by atoms with Gasteiger partial charge in [-0.25, -0.2) is 21.2 Å². The number of sulfone groups is 1. The molecule has 1 aliphatic heterocycles. The van der Waals surface area contributed by atoms with E-state index in [4.69, 9.17) is 0 Å². The maximum Gasteiger partial charge on any atom is 0.243 e. The van der Waals surface area contributed by atoms with Gasteiger partial charge in [0.15, 0.2) is 9.84 Å². The molecule has 0 radical (unpaired) electrons. The Morgan fingerprint density at radius 2 is 1.50 bits per heavy atom. The van der Waals surface area contributed by atoms with Gasteiger partial charge < -0.3 is 4.90 Å². The maximum atomic E-state index is 14.5. The molecule has 152 valence electrons. The third kappa shape index (κ3) is 4.37. The van der Waals surface area contributed by atoms with E-state index < -0.39 is 25.7 Å². The molecule has 0 bridgehead atoms. The highest BCUT2D eigenvalue weighted by atomic mass is 32.2. The predicted octanol–water partition coefficient (Wildman–Crippen LogP) is 2.44.